The van der Waals surface area contributed by atoms with Gasteiger partial charge in [0.15, 0.2) is 11.5 Å². The van der Waals surface area contributed by atoms with Gasteiger partial charge in [-0.05, 0) is 114 Å². The molecule has 6 rings (SSSR count). The van der Waals surface area contributed by atoms with Crippen LogP contribution in [0.2, 0.25) is 0 Å². The highest BCUT2D eigenvalue weighted by atomic mass is 127. The molecule has 4 saturated carbocycles. The van der Waals surface area contributed by atoms with Gasteiger partial charge in [0.1, 0.15) is 12.2 Å². The first-order chi connectivity index (χ1) is 24.2. The maximum Gasteiger partial charge on any atom is 0.247 e. The van der Waals surface area contributed by atoms with E-state index in [2.05, 4.69) is 34.8 Å². The van der Waals surface area contributed by atoms with E-state index in [1.54, 1.807) is 18.2 Å². The minimum absolute atomic E-state index is 0.0537. The molecule has 1 aromatic carbocycles. The number of methoxy groups -OCH3 is 1. The molecule has 0 radical (unpaired) electrons. The third-order valence-corrected chi connectivity index (χ3v) is 12.6. The molecule has 4 bridgehead atoms. The van der Waals surface area contributed by atoms with Crippen LogP contribution in [0.1, 0.15) is 122 Å². The number of rotatable bonds is 20. The Morgan fingerprint density at radius 2 is 1.58 bits per heavy atom. The minimum Gasteiger partial charge on any atom is -0.493 e. The summed E-state index contributed by atoms with van der Waals surface area (Å²) in [6.07, 6.45) is 18.2. The molecule has 0 spiro atoms. The fraction of sp³-hybridized carbons (Fsp3) is 0.750. The third kappa shape index (κ3) is 9.95. The van der Waals surface area contributed by atoms with E-state index in [0.717, 1.165) is 56.3 Å². The highest BCUT2D eigenvalue weighted by Gasteiger charge is 2.53. The average Bonchev–Trinajstić information content (AvgIpc) is 3.09. The lowest BCUT2D eigenvalue weighted by molar-refractivity contribution is -0.147. The number of carbonyl (C=O) groups excluding carboxylic acids is 2. The second kappa shape index (κ2) is 18.7. The molecule has 10 heteroatoms. The average molecular weight is 809 g/mol. The lowest BCUT2D eigenvalue weighted by atomic mass is 9.49. The topological polar surface area (TPSA) is 129 Å². The fourth-order valence-corrected chi connectivity index (χ4v) is 10.7. The van der Waals surface area contributed by atoms with Crippen LogP contribution in [0, 0.1) is 26.7 Å². The van der Waals surface area contributed by atoms with Gasteiger partial charge in [0.25, 0.3) is 0 Å². The van der Waals surface area contributed by atoms with E-state index >= 15 is 0 Å². The van der Waals surface area contributed by atoms with Gasteiger partial charge in [0.05, 0.1) is 29.9 Å². The van der Waals surface area contributed by atoms with Crippen molar-refractivity contribution in [1.29, 1.82) is 0 Å². The molecule has 50 heavy (non-hydrogen) atoms. The number of aliphatic hydroxyl groups excluding tert-OH is 3. The summed E-state index contributed by atoms with van der Waals surface area (Å²) >= 11 is 2.13. The van der Waals surface area contributed by atoms with Crippen LogP contribution in [-0.4, -0.2) is 77.1 Å². The van der Waals surface area contributed by atoms with Gasteiger partial charge in [-0.25, -0.2) is 0 Å². The number of nitrogens with zero attached hydrogens (tertiary/aromatic N) is 1. The number of aliphatic hydroxyl groups is 3. The standard InChI is InChI=1S/C40H61IN2O7/c1-3-4-5-6-7-8-9-10-11-12-36(46)43(26-40-22-27-15-28(23-40)17-29(16-27)24-40)33-20-31(39(48)42-13-14-44)21-34(37(33)47)50-38-32(41)18-30(25-45)19-35(38)49-2/h18-19,21,27-29,33-34,37,44-45,47H,3-17,20,22-26H2,1-2H3,(H,42,48). The minimum atomic E-state index is -1.08. The van der Waals surface area contributed by atoms with E-state index in [9.17, 15) is 24.9 Å². The van der Waals surface area contributed by atoms with Gasteiger partial charge in [0.2, 0.25) is 11.8 Å². The van der Waals surface area contributed by atoms with Gasteiger partial charge in [-0.1, -0.05) is 58.3 Å². The summed E-state index contributed by atoms with van der Waals surface area (Å²) in [4.78, 5) is 29.8. The maximum absolute atomic E-state index is 14.4. The lowest BCUT2D eigenvalue weighted by Crippen LogP contribution is -2.59. The molecule has 4 fully saturated rings. The summed E-state index contributed by atoms with van der Waals surface area (Å²) in [5.41, 5.74) is 1.16. The van der Waals surface area contributed by atoms with E-state index in [0.29, 0.717) is 39.2 Å². The number of carbonyl (C=O) groups is 2. The largest absolute Gasteiger partial charge is 0.493 e. The quantitative estimate of drug-likeness (QED) is 0.0856. The van der Waals surface area contributed by atoms with Crippen LogP contribution in [0.15, 0.2) is 23.8 Å². The van der Waals surface area contributed by atoms with E-state index in [4.69, 9.17) is 9.47 Å². The normalized spacial score (nSPS) is 28.3. The van der Waals surface area contributed by atoms with E-state index < -0.39 is 18.2 Å². The Morgan fingerprint density at radius 1 is 0.960 bits per heavy atom. The van der Waals surface area contributed by atoms with Crippen LogP contribution in [0.25, 0.3) is 0 Å². The molecule has 4 N–H and O–H groups in total. The molecular weight excluding hydrogens is 747 g/mol. The zero-order valence-corrected chi connectivity index (χ0v) is 32.5. The number of hydrogen-bond donors (Lipinski definition) is 4. The van der Waals surface area contributed by atoms with Crippen molar-refractivity contribution in [2.45, 2.75) is 141 Å². The predicted octanol–water partition coefficient (Wildman–Crippen LogP) is 6.67. The summed E-state index contributed by atoms with van der Waals surface area (Å²) in [5.74, 6) is 2.72. The summed E-state index contributed by atoms with van der Waals surface area (Å²) in [5, 5.41) is 34.1. The molecule has 0 aliphatic heterocycles. The van der Waals surface area contributed by atoms with Crippen molar-refractivity contribution in [1.82, 2.24) is 10.2 Å². The van der Waals surface area contributed by atoms with Crippen molar-refractivity contribution in [3.8, 4) is 11.5 Å². The molecule has 1 aromatic rings. The molecule has 3 atom stereocenters. The van der Waals surface area contributed by atoms with Gasteiger partial charge in [0, 0.05) is 31.5 Å². The Bertz CT molecular complexity index is 1280. The second-order valence-electron chi connectivity index (χ2n) is 15.8. The third-order valence-electron chi connectivity index (χ3n) is 11.8. The summed E-state index contributed by atoms with van der Waals surface area (Å²) in [6, 6.07) is 2.87. The molecule has 0 heterocycles. The van der Waals surface area contributed by atoms with Crippen molar-refractivity contribution in [2.75, 3.05) is 26.8 Å². The summed E-state index contributed by atoms with van der Waals surface area (Å²) in [7, 11) is 1.53. The van der Waals surface area contributed by atoms with Gasteiger partial charge >= 0.3 is 0 Å². The van der Waals surface area contributed by atoms with E-state index in [1.165, 1.54) is 64.9 Å². The fourth-order valence-electron chi connectivity index (χ4n) is 9.86. The number of unbranched alkanes of at least 4 members (excludes halogenated alkanes) is 8. The first-order valence-electron chi connectivity index (χ1n) is 19.4. The van der Waals surface area contributed by atoms with E-state index in [1.807, 2.05) is 4.90 Å². The highest BCUT2D eigenvalue weighted by molar-refractivity contribution is 14.1. The van der Waals surface area contributed by atoms with E-state index in [-0.39, 0.29) is 43.4 Å². The van der Waals surface area contributed by atoms with Crippen molar-refractivity contribution < 1.29 is 34.4 Å². The van der Waals surface area contributed by atoms with Crippen LogP contribution in [0.5, 0.6) is 11.5 Å². The van der Waals surface area contributed by atoms with Crippen LogP contribution >= 0.6 is 22.6 Å². The number of nitrogens with one attached hydrogen (secondary N) is 1. The van der Waals surface area contributed by atoms with Crippen molar-refractivity contribution in [2.24, 2.45) is 23.2 Å². The van der Waals surface area contributed by atoms with Crippen LogP contribution < -0.4 is 14.8 Å². The van der Waals surface area contributed by atoms with Gasteiger partial charge in [-0.15, -0.1) is 0 Å². The number of halogens is 1. The maximum atomic E-state index is 14.4. The van der Waals surface area contributed by atoms with Crippen LogP contribution in [-0.2, 0) is 16.2 Å². The number of ether oxygens (including phenoxy) is 2. The van der Waals surface area contributed by atoms with Gasteiger partial charge in [-0.2, -0.15) is 0 Å². The molecule has 2 amide bonds. The van der Waals surface area contributed by atoms with Gasteiger partial charge < -0.3 is 35.0 Å². The van der Waals surface area contributed by atoms with Crippen molar-refractivity contribution in [3.05, 3.63) is 32.9 Å². The Hall–Kier alpha value is -1.89. The second-order valence-corrected chi connectivity index (χ2v) is 17.0. The first kappa shape index (κ1) is 39.3. The SMILES string of the molecule is CCCCCCCCCCCC(=O)N(CC12CC3CC(CC(C3)C1)C2)C1CC(C(=O)NCCO)=CC(Oc2c(I)cc(CO)cc2OC)C1O. The Balaban J connectivity index is 1.39. The van der Waals surface area contributed by atoms with Gasteiger partial charge in [-0.3, -0.25) is 9.59 Å². The Morgan fingerprint density at radius 3 is 2.16 bits per heavy atom. The molecule has 5 aliphatic carbocycles. The summed E-state index contributed by atoms with van der Waals surface area (Å²) < 4.78 is 12.8. The van der Waals surface area contributed by atoms with Crippen molar-refractivity contribution >= 4 is 34.4 Å². The molecule has 0 saturated heterocycles. The zero-order valence-electron chi connectivity index (χ0n) is 30.3. The smallest absolute Gasteiger partial charge is 0.247 e. The molecule has 0 aromatic heterocycles. The summed E-state index contributed by atoms with van der Waals surface area (Å²) in [6.45, 7) is 2.61. The molecule has 5 aliphatic rings. The molecule has 3 unspecified atom stereocenters. The zero-order chi connectivity index (χ0) is 35.7. The monoisotopic (exact) mass is 808 g/mol. The van der Waals surface area contributed by atoms with Crippen LogP contribution in [0.3, 0.4) is 0 Å². The van der Waals surface area contributed by atoms with Crippen molar-refractivity contribution in [3.63, 3.8) is 0 Å². The number of amides is 2. The predicted molar refractivity (Wildman–Crippen MR) is 203 cm³/mol. The molecular formula is C40H61IN2O7. The molecule has 9 nitrogen and oxygen atoms in total. The Labute approximate surface area is 313 Å². The molecule has 280 valence electrons. The van der Waals surface area contributed by atoms with Crippen LogP contribution in [0.4, 0.5) is 0 Å². The highest BCUT2D eigenvalue weighted by Crippen LogP contribution is 2.60. The number of benzene rings is 1. The Kier molecular flexibility index (Phi) is 14.7. The lowest BCUT2D eigenvalue weighted by Gasteiger charge is -2.58. The number of hydrogen-bond acceptors (Lipinski definition) is 7. The first-order valence-corrected chi connectivity index (χ1v) is 20.5.